The number of phenols is 1. The Hall–Kier alpha value is -3.77. The highest BCUT2D eigenvalue weighted by atomic mass is 19.1. The van der Waals surface area contributed by atoms with Gasteiger partial charge in [-0.05, 0) is 31.0 Å². The third-order valence-corrected chi connectivity index (χ3v) is 11.2. The molecule has 15 atom stereocenters. The van der Waals surface area contributed by atoms with Gasteiger partial charge in [-0.1, -0.05) is 25.7 Å². The molecule has 0 aromatic heterocycles. The summed E-state index contributed by atoms with van der Waals surface area (Å²) in [5, 5.41) is 114. The number of aliphatic carboxylic acids is 1. The van der Waals surface area contributed by atoms with Crippen LogP contribution in [0.2, 0.25) is 0 Å². The molecule has 0 bridgehead atoms. The van der Waals surface area contributed by atoms with E-state index in [0.717, 1.165) is 57.2 Å². The van der Waals surface area contributed by atoms with Gasteiger partial charge in [-0.15, -0.1) is 0 Å². The number of carboxylic acids is 1. The van der Waals surface area contributed by atoms with Crippen LogP contribution in [0.1, 0.15) is 68.6 Å². The third kappa shape index (κ3) is 15.4. The molecular formula is C41H65FN2O22. The summed E-state index contributed by atoms with van der Waals surface area (Å²) in [6, 6.07) is 0.597. The normalized spacial score (nSPS) is 32.0. The number of hydrogen-bond donors (Lipinski definition) is 13. The Kier molecular flexibility index (Phi) is 23.4. The summed E-state index contributed by atoms with van der Waals surface area (Å²) in [5.41, 5.74) is -0.287. The number of carbonyl (C=O) groups is 4. The van der Waals surface area contributed by atoms with E-state index < -0.39 is 154 Å². The number of benzene rings is 1. The molecule has 4 rings (SSSR count). The van der Waals surface area contributed by atoms with Gasteiger partial charge in [0.15, 0.2) is 6.29 Å². The van der Waals surface area contributed by atoms with E-state index in [0.29, 0.717) is 12.8 Å². The van der Waals surface area contributed by atoms with Crippen LogP contribution < -0.4 is 10.6 Å². The van der Waals surface area contributed by atoms with Gasteiger partial charge in [0, 0.05) is 33.5 Å². The van der Waals surface area contributed by atoms with Gasteiger partial charge in [0.05, 0.1) is 51.2 Å². The molecule has 3 heterocycles. The second kappa shape index (κ2) is 27.3. The summed E-state index contributed by atoms with van der Waals surface area (Å²) in [4.78, 5) is 47.5. The number of hydrogen-bond acceptors (Lipinski definition) is 21. The molecule has 2 amide bonds. The lowest BCUT2D eigenvalue weighted by Gasteiger charge is -2.49. The maximum absolute atomic E-state index is 13.6. The molecular weight excluding hydrogens is 891 g/mol. The molecule has 1 aromatic carbocycles. The Labute approximate surface area is 379 Å². The number of nitrogens with one attached hydrogen (secondary N) is 2. The lowest BCUT2D eigenvalue weighted by Crippen LogP contribution is -2.69. The fourth-order valence-electron chi connectivity index (χ4n) is 7.58. The van der Waals surface area contributed by atoms with Gasteiger partial charge in [-0.25, -0.2) is 9.18 Å². The Morgan fingerprint density at radius 2 is 1.52 bits per heavy atom. The van der Waals surface area contributed by atoms with Gasteiger partial charge in [0.1, 0.15) is 78.6 Å². The van der Waals surface area contributed by atoms with Crippen LogP contribution in [-0.4, -0.2) is 218 Å². The number of ether oxygens (including phenoxy) is 7. The average molecular weight is 957 g/mol. The van der Waals surface area contributed by atoms with Crippen LogP contribution in [-0.2, 0) is 47.5 Å². The van der Waals surface area contributed by atoms with E-state index in [1.807, 2.05) is 0 Å². The minimum atomic E-state index is -2.74. The number of carbonyl (C=O) groups excluding carboxylic acids is 3. The van der Waals surface area contributed by atoms with Crippen LogP contribution in [0.3, 0.4) is 0 Å². The second-order valence-electron chi connectivity index (χ2n) is 16.0. The molecule has 3 aliphatic heterocycles. The van der Waals surface area contributed by atoms with Crippen molar-refractivity contribution >= 4 is 23.8 Å². The second-order valence-corrected chi connectivity index (χ2v) is 16.0. The van der Waals surface area contributed by atoms with E-state index in [9.17, 15) is 74.6 Å². The number of aliphatic hydroxyl groups is 9. The molecule has 66 heavy (non-hydrogen) atoms. The van der Waals surface area contributed by atoms with Crippen LogP contribution in [0.4, 0.5) is 4.39 Å². The van der Waals surface area contributed by atoms with Gasteiger partial charge in [-0.2, -0.15) is 0 Å². The number of halogens is 1. The predicted octanol–water partition coefficient (Wildman–Crippen LogP) is -3.72. The first-order valence-corrected chi connectivity index (χ1v) is 21.3. The van der Waals surface area contributed by atoms with Crippen LogP contribution in [0.25, 0.3) is 0 Å². The first-order chi connectivity index (χ1) is 31.3. The minimum absolute atomic E-state index is 0.208. The summed E-state index contributed by atoms with van der Waals surface area (Å²) in [6.07, 6.45) is -12.7. The first-order valence-electron chi connectivity index (χ1n) is 21.3. The van der Waals surface area contributed by atoms with Crippen molar-refractivity contribution in [1.82, 2.24) is 10.6 Å². The Balaban J connectivity index is 0.000000353. The number of amides is 2. The SMILES string of the molecule is CC(=O)N[C@@H]1C(O)C[C@](OC2C(O)COC(CO)[C@@H]2O)(C(=O)O)OC1[C@H](O)[C@H](O)CO.COC(=O)CCCCCCCCO[C@@H]1OC(CO)[C@@H](O)C(OC)C1NC(=O)c1cc(F)ccc1O. The van der Waals surface area contributed by atoms with Crippen molar-refractivity contribution in [3.8, 4) is 5.75 Å². The van der Waals surface area contributed by atoms with Crippen LogP contribution >= 0.6 is 0 Å². The third-order valence-electron chi connectivity index (χ3n) is 11.2. The number of esters is 1. The number of methoxy groups -OCH3 is 2. The molecule has 0 radical (unpaired) electrons. The topological polar surface area (TPSA) is 379 Å². The molecule has 3 aliphatic rings. The number of aromatic hydroxyl groups is 1. The summed E-state index contributed by atoms with van der Waals surface area (Å²) in [6.45, 7) is -1.12. The van der Waals surface area contributed by atoms with Gasteiger partial charge in [0.2, 0.25) is 5.91 Å². The number of carboxylic acid groups (broad SMARTS) is 1. The quantitative estimate of drug-likeness (QED) is 0.0393. The highest BCUT2D eigenvalue weighted by Crippen LogP contribution is 2.36. The lowest BCUT2D eigenvalue weighted by atomic mass is 9.88. The van der Waals surface area contributed by atoms with Gasteiger partial charge < -0.3 is 100.0 Å². The highest BCUT2D eigenvalue weighted by Gasteiger charge is 2.58. The lowest BCUT2D eigenvalue weighted by molar-refractivity contribution is -0.347. The van der Waals surface area contributed by atoms with Crippen molar-refractivity contribution < 1.29 is 113 Å². The highest BCUT2D eigenvalue weighted by molar-refractivity contribution is 5.97. The molecule has 1 aromatic rings. The maximum atomic E-state index is 13.6. The monoisotopic (exact) mass is 956 g/mol. The van der Waals surface area contributed by atoms with E-state index in [4.69, 9.17) is 33.5 Å². The zero-order valence-corrected chi connectivity index (χ0v) is 36.8. The van der Waals surface area contributed by atoms with E-state index in [-0.39, 0.29) is 18.1 Å². The number of unbranched alkanes of at least 4 members (excludes halogenated alkanes) is 5. The standard InChI is InChI=1S/C24H36FNO9.C17H29NO13/c1-32-19(29)9-7-5-3-4-6-8-12-34-24-20(22(33-2)21(30)18(14-27)35-24)26-23(31)16-13-15(25)10-11-17(16)28;1-6(21)18-11-7(22)2-17(16(27)28,31-15(11)12(25)8(23)3-19)30-14-9(24)5-29-10(4-20)13(14)26/h10-11,13,18,20-22,24,27-28,30H,3-9,12,14H2,1-2H3,(H,26,31);7-15,19-20,22-26H,2-5H2,1H3,(H,18,21)(H,27,28)/t18?,20?,21-,22?,24-;7?,8-,9?,10?,11-,12-,13+,14?,15?,17-/m11/s1. The summed E-state index contributed by atoms with van der Waals surface area (Å²) in [7, 11) is 2.71. The fraction of sp³-hybridized carbons (Fsp3) is 0.756. The summed E-state index contributed by atoms with van der Waals surface area (Å²) < 4.78 is 51.0. The number of aliphatic hydroxyl groups excluding tert-OH is 9. The number of rotatable bonds is 22. The van der Waals surface area contributed by atoms with Crippen LogP contribution in [0.5, 0.6) is 5.75 Å². The summed E-state index contributed by atoms with van der Waals surface area (Å²) in [5.74, 6) is -7.31. The smallest absolute Gasteiger partial charge is 0.364 e. The zero-order chi connectivity index (χ0) is 49.3. The van der Waals surface area contributed by atoms with E-state index in [1.54, 1.807) is 0 Å². The van der Waals surface area contributed by atoms with E-state index in [1.165, 1.54) is 14.2 Å². The van der Waals surface area contributed by atoms with E-state index in [2.05, 4.69) is 15.4 Å². The zero-order valence-electron chi connectivity index (χ0n) is 36.8. The van der Waals surface area contributed by atoms with Crippen LogP contribution in [0, 0.1) is 5.82 Å². The van der Waals surface area contributed by atoms with Gasteiger partial charge in [0.25, 0.3) is 11.7 Å². The summed E-state index contributed by atoms with van der Waals surface area (Å²) >= 11 is 0. The van der Waals surface area contributed by atoms with Crippen LogP contribution in [0.15, 0.2) is 18.2 Å². The molecule has 24 nitrogen and oxygen atoms in total. The van der Waals surface area contributed by atoms with Gasteiger partial charge >= 0.3 is 11.9 Å². The molecule has 25 heteroatoms. The predicted molar refractivity (Wildman–Crippen MR) is 218 cm³/mol. The van der Waals surface area contributed by atoms with Crippen molar-refractivity contribution in [3.63, 3.8) is 0 Å². The number of phenolic OH excluding ortho intramolecular Hbond substituents is 1. The van der Waals surface area contributed by atoms with Crippen molar-refractivity contribution in [2.24, 2.45) is 0 Å². The molecule has 0 aliphatic carbocycles. The fourth-order valence-corrected chi connectivity index (χ4v) is 7.58. The van der Waals surface area contributed by atoms with Crippen molar-refractivity contribution in [2.75, 3.05) is 47.3 Å². The molecule has 378 valence electrons. The molecule has 3 fully saturated rings. The Morgan fingerprint density at radius 1 is 0.879 bits per heavy atom. The van der Waals surface area contributed by atoms with Gasteiger partial charge in [-0.3, -0.25) is 14.4 Å². The van der Waals surface area contributed by atoms with Crippen molar-refractivity contribution in [1.29, 1.82) is 0 Å². The molecule has 0 spiro atoms. The largest absolute Gasteiger partial charge is 0.507 e. The maximum Gasteiger partial charge on any atom is 0.364 e. The average Bonchev–Trinajstić information content (AvgIpc) is 3.28. The minimum Gasteiger partial charge on any atom is -0.507 e. The molecule has 3 saturated heterocycles. The Morgan fingerprint density at radius 3 is 2.11 bits per heavy atom. The van der Waals surface area contributed by atoms with Crippen molar-refractivity contribution in [2.45, 2.75) is 150 Å². The Bertz CT molecular complexity index is 1680. The molecule has 8 unspecified atom stereocenters. The molecule has 0 saturated carbocycles. The molecule has 13 N–H and O–H groups in total. The first kappa shape index (κ1) is 56.6. The van der Waals surface area contributed by atoms with E-state index >= 15 is 0 Å². The van der Waals surface area contributed by atoms with Crippen molar-refractivity contribution in [3.05, 3.63) is 29.6 Å².